The van der Waals surface area contributed by atoms with Crippen LogP contribution in [-0.4, -0.2) is 39.1 Å². The fraction of sp³-hybridized carbons (Fsp3) is 0.294. The number of rotatable bonds is 5. The molecule has 0 saturated carbocycles. The molecule has 0 aliphatic heterocycles. The molecule has 0 unspecified atom stereocenters. The second kappa shape index (κ2) is 6.66. The van der Waals surface area contributed by atoms with Gasteiger partial charge in [-0.3, -0.25) is 4.79 Å². The van der Waals surface area contributed by atoms with Gasteiger partial charge in [0.2, 0.25) is 5.91 Å². The van der Waals surface area contributed by atoms with Crippen LogP contribution in [0.15, 0.2) is 36.7 Å². The number of hydrogen-bond donors (Lipinski definition) is 1. The van der Waals surface area contributed by atoms with E-state index in [0.29, 0.717) is 5.78 Å². The summed E-state index contributed by atoms with van der Waals surface area (Å²) in [5, 5.41) is 7.15. The first-order chi connectivity index (χ1) is 11.6. The fourth-order valence-electron chi connectivity index (χ4n) is 2.62. The predicted octanol–water partition coefficient (Wildman–Crippen LogP) is 2.07. The molecule has 0 fully saturated rings. The van der Waals surface area contributed by atoms with Gasteiger partial charge >= 0.3 is 0 Å². The molecule has 3 aromatic rings. The minimum atomic E-state index is -0.0823. The molecule has 0 atom stereocenters. The molecule has 0 saturated heterocycles. The summed E-state index contributed by atoms with van der Waals surface area (Å²) in [6.07, 6.45) is 2.33. The van der Waals surface area contributed by atoms with Gasteiger partial charge in [-0.25, -0.2) is 4.98 Å². The van der Waals surface area contributed by atoms with E-state index in [1.807, 2.05) is 49.2 Å². The van der Waals surface area contributed by atoms with E-state index < -0.39 is 0 Å². The van der Waals surface area contributed by atoms with Crippen LogP contribution in [0.4, 0.5) is 11.5 Å². The van der Waals surface area contributed by atoms with E-state index in [-0.39, 0.29) is 12.5 Å². The highest BCUT2D eigenvalue weighted by atomic mass is 16.2. The molecule has 3 rings (SSSR count). The molecule has 0 spiro atoms. The largest absolute Gasteiger partial charge is 0.350 e. The van der Waals surface area contributed by atoms with Crippen LogP contribution in [0.1, 0.15) is 18.2 Å². The Morgan fingerprint density at radius 3 is 2.92 bits per heavy atom. The lowest BCUT2D eigenvalue weighted by molar-refractivity contribution is -0.114. The van der Waals surface area contributed by atoms with Gasteiger partial charge in [0.15, 0.2) is 0 Å². The standard InChI is InChI=1S/C17H20N6O/c1-4-13-7-5-6-8-14(13)21-15(24)10-22(3)16-9-12(2)20-17-18-11-19-23(16)17/h5-9,11H,4,10H2,1-3H3,(H,21,24). The topological polar surface area (TPSA) is 75.4 Å². The van der Waals surface area contributed by atoms with Crippen molar-refractivity contribution in [2.24, 2.45) is 0 Å². The summed E-state index contributed by atoms with van der Waals surface area (Å²) in [7, 11) is 1.85. The minimum Gasteiger partial charge on any atom is -0.350 e. The molecular formula is C17H20N6O. The maximum atomic E-state index is 12.4. The predicted molar refractivity (Wildman–Crippen MR) is 93.2 cm³/mol. The number of nitrogens with one attached hydrogen (secondary N) is 1. The number of hydrogen-bond acceptors (Lipinski definition) is 5. The Labute approximate surface area is 140 Å². The first kappa shape index (κ1) is 15.9. The molecular weight excluding hydrogens is 304 g/mol. The molecule has 124 valence electrons. The Balaban J connectivity index is 1.77. The van der Waals surface area contributed by atoms with Crippen LogP contribution in [0.2, 0.25) is 0 Å². The highest BCUT2D eigenvalue weighted by molar-refractivity contribution is 5.94. The first-order valence-electron chi connectivity index (χ1n) is 7.84. The maximum absolute atomic E-state index is 12.4. The van der Waals surface area contributed by atoms with Gasteiger partial charge in [-0.1, -0.05) is 25.1 Å². The lowest BCUT2D eigenvalue weighted by Gasteiger charge is -2.20. The molecule has 7 nitrogen and oxygen atoms in total. The Hall–Kier alpha value is -2.96. The van der Waals surface area contributed by atoms with Gasteiger partial charge in [-0.05, 0) is 25.0 Å². The van der Waals surface area contributed by atoms with Crippen LogP contribution < -0.4 is 10.2 Å². The van der Waals surface area contributed by atoms with E-state index in [0.717, 1.165) is 29.2 Å². The molecule has 2 aromatic heterocycles. The van der Waals surface area contributed by atoms with Crippen LogP contribution in [0, 0.1) is 6.92 Å². The van der Waals surface area contributed by atoms with Crippen LogP contribution in [-0.2, 0) is 11.2 Å². The number of aryl methyl sites for hydroxylation is 2. The van der Waals surface area contributed by atoms with E-state index in [4.69, 9.17) is 0 Å². The number of likely N-dealkylation sites (N-methyl/N-ethyl adjacent to an activating group) is 1. The van der Waals surface area contributed by atoms with Gasteiger partial charge in [0.1, 0.15) is 12.1 Å². The van der Waals surface area contributed by atoms with Crippen LogP contribution in [0.5, 0.6) is 0 Å². The van der Waals surface area contributed by atoms with Crippen LogP contribution in [0.3, 0.4) is 0 Å². The van der Waals surface area contributed by atoms with Crippen molar-refractivity contribution < 1.29 is 4.79 Å². The summed E-state index contributed by atoms with van der Waals surface area (Å²) in [6, 6.07) is 9.72. The number of aromatic nitrogens is 4. The van der Waals surface area contributed by atoms with Crippen molar-refractivity contribution in [3.8, 4) is 0 Å². The van der Waals surface area contributed by atoms with Gasteiger partial charge in [0, 0.05) is 24.5 Å². The van der Waals surface area contributed by atoms with Crippen molar-refractivity contribution in [3.63, 3.8) is 0 Å². The smallest absolute Gasteiger partial charge is 0.254 e. The number of nitrogens with zero attached hydrogens (tertiary/aromatic N) is 5. The number of para-hydroxylation sites is 1. The molecule has 7 heteroatoms. The molecule has 0 radical (unpaired) electrons. The Bertz CT molecular complexity index is 872. The van der Waals surface area contributed by atoms with Gasteiger partial charge in [-0.15, -0.1) is 0 Å². The molecule has 0 aliphatic carbocycles. The fourth-order valence-corrected chi connectivity index (χ4v) is 2.62. The van der Waals surface area contributed by atoms with E-state index in [1.54, 1.807) is 4.52 Å². The number of carbonyl (C=O) groups is 1. The summed E-state index contributed by atoms with van der Waals surface area (Å²) in [5.74, 6) is 1.21. The summed E-state index contributed by atoms with van der Waals surface area (Å²) < 4.78 is 1.63. The molecule has 2 heterocycles. The van der Waals surface area contributed by atoms with Crippen molar-refractivity contribution in [1.82, 2.24) is 19.6 Å². The van der Waals surface area contributed by atoms with E-state index in [2.05, 4.69) is 27.3 Å². The maximum Gasteiger partial charge on any atom is 0.254 e. The molecule has 1 N–H and O–H groups in total. The molecule has 1 aromatic carbocycles. The molecule has 0 aliphatic rings. The highest BCUT2D eigenvalue weighted by Crippen LogP contribution is 2.17. The Morgan fingerprint density at radius 1 is 1.33 bits per heavy atom. The van der Waals surface area contributed by atoms with Crippen molar-refractivity contribution in [1.29, 1.82) is 0 Å². The monoisotopic (exact) mass is 324 g/mol. The Morgan fingerprint density at radius 2 is 2.12 bits per heavy atom. The quantitative estimate of drug-likeness (QED) is 0.777. The Kier molecular flexibility index (Phi) is 4.41. The zero-order valence-electron chi connectivity index (χ0n) is 14.0. The highest BCUT2D eigenvalue weighted by Gasteiger charge is 2.14. The minimum absolute atomic E-state index is 0.0823. The number of carbonyl (C=O) groups excluding carboxylic acids is 1. The number of anilines is 2. The van der Waals surface area contributed by atoms with E-state index in [9.17, 15) is 4.79 Å². The summed E-state index contributed by atoms with van der Waals surface area (Å²) in [4.78, 5) is 22.7. The van der Waals surface area contributed by atoms with Gasteiger partial charge < -0.3 is 10.2 Å². The molecule has 1 amide bonds. The average Bonchev–Trinajstić information content (AvgIpc) is 3.02. The molecule has 0 bridgehead atoms. The normalized spacial score (nSPS) is 10.8. The summed E-state index contributed by atoms with van der Waals surface area (Å²) >= 11 is 0. The number of fused-ring (bicyclic) bond motifs is 1. The zero-order chi connectivity index (χ0) is 17.1. The number of amides is 1. The number of benzene rings is 1. The van der Waals surface area contributed by atoms with Gasteiger partial charge in [-0.2, -0.15) is 14.6 Å². The second-order valence-corrected chi connectivity index (χ2v) is 5.64. The summed E-state index contributed by atoms with van der Waals surface area (Å²) in [5.41, 5.74) is 2.80. The molecule has 24 heavy (non-hydrogen) atoms. The van der Waals surface area contributed by atoms with E-state index in [1.165, 1.54) is 6.33 Å². The summed E-state index contributed by atoms with van der Waals surface area (Å²) in [6.45, 7) is 4.17. The zero-order valence-corrected chi connectivity index (χ0v) is 14.0. The van der Waals surface area contributed by atoms with Gasteiger partial charge in [0.25, 0.3) is 5.78 Å². The van der Waals surface area contributed by atoms with Crippen molar-refractivity contribution in [2.45, 2.75) is 20.3 Å². The van der Waals surface area contributed by atoms with Crippen molar-refractivity contribution in [2.75, 3.05) is 23.8 Å². The third kappa shape index (κ3) is 3.19. The van der Waals surface area contributed by atoms with Gasteiger partial charge in [0.05, 0.1) is 6.54 Å². The van der Waals surface area contributed by atoms with Crippen LogP contribution in [0.25, 0.3) is 5.78 Å². The van der Waals surface area contributed by atoms with E-state index >= 15 is 0 Å². The third-order valence-corrected chi connectivity index (χ3v) is 3.81. The first-order valence-corrected chi connectivity index (χ1v) is 7.84. The SMILES string of the molecule is CCc1ccccc1NC(=O)CN(C)c1cc(C)nc2ncnn12. The second-order valence-electron chi connectivity index (χ2n) is 5.64. The lowest BCUT2D eigenvalue weighted by Crippen LogP contribution is -2.31. The third-order valence-electron chi connectivity index (χ3n) is 3.81. The average molecular weight is 324 g/mol. The van der Waals surface area contributed by atoms with Crippen LogP contribution >= 0.6 is 0 Å². The van der Waals surface area contributed by atoms with Crippen molar-refractivity contribution in [3.05, 3.63) is 47.9 Å². The van der Waals surface area contributed by atoms with Crippen molar-refractivity contribution >= 4 is 23.2 Å². The lowest BCUT2D eigenvalue weighted by atomic mass is 10.1.